The lowest BCUT2D eigenvalue weighted by Gasteiger charge is -2.31. The number of benzene rings is 1. The second-order valence-electron chi connectivity index (χ2n) is 7.59. The Morgan fingerprint density at radius 1 is 1.14 bits per heavy atom. The molecule has 2 fully saturated rings. The average Bonchev–Trinajstić information content (AvgIpc) is 3.33. The Balaban J connectivity index is 1.41. The zero-order chi connectivity index (χ0) is 19.7. The Hall–Kier alpha value is -2.48. The molecule has 4 rings (SSSR count). The largest absolute Gasteiger partial charge is 0.346 e. The van der Waals surface area contributed by atoms with Crippen LogP contribution in [0.15, 0.2) is 18.2 Å². The SMILES string of the molecule is Cc1ccc(NC(=O)C2CCCN(c3nnc(N4CCCC4=O)s3)C2)cc1C. The van der Waals surface area contributed by atoms with Crippen LogP contribution >= 0.6 is 11.3 Å². The van der Waals surface area contributed by atoms with Crippen molar-refractivity contribution in [2.24, 2.45) is 5.92 Å². The second-order valence-corrected chi connectivity index (χ2v) is 8.52. The molecule has 2 amide bonds. The van der Waals surface area contributed by atoms with E-state index in [0.717, 1.165) is 36.6 Å². The van der Waals surface area contributed by atoms with E-state index in [0.29, 0.717) is 24.6 Å². The van der Waals surface area contributed by atoms with Gasteiger partial charge in [-0.25, -0.2) is 0 Å². The predicted molar refractivity (Wildman–Crippen MR) is 111 cm³/mol. The van der Waals surface area contributed by atoms with Crippen molar-refractivity contribution in [2.45, 2.75) is 39.5 Å². The third kappa shape index (κ3) is 3.87. The summed E-state index contributed by atoms with van der Waals surface area (Å²) < 4.78 is 0. The number of aryl methyl sites for hydroxylation is 2. The number of hydrogen-bond acceptors (Lipinski definition) is 6. The Kier molecular flexibility index (Phi) is 5.30. The summed E-state index contributed by atoms with van der Waals surface area (Å²) in [7, 11) is 0. The molecule has 0 bridgehead atoms. The molecule has 2 aliphatic rings. The minimum absolute atomic E-state index is 0.0485. The molecule has 0 spiro atoms. The topological polar surface area (TPSA) is 78.4 Å². The minimum atomic E-state index is -0.0869. The Morgan fingerprint density at radius 3 is 2.71 bits per heavy atom. The molecule has 1 N–H and O–H groups in total. The van der Waals surface area contributed by atoms with Gasteiger partial charge in [-0.3, -0.25) is 14.5 Å². The molecule has 8 heteroatoms. The van der Waals surface area contributed by atoms with Gasteiger partial charge in [0.05, 0.1) is 5.92 Å². The van der Waals surface area contributed by atoms with E-state index in [1.165, 1.54) is 22.5 Å². The monoisotopic (exact) mass is 399 g/mol. The summed E-state index contributed by atoms with van der Waals surface area (Å²) in [4.78, 5) is 28.5. The molecule has 1 atom stereocenters. The molecule has 0 radical (unpaired) electrons. The minimum Gasteiger partial charge on any atom is -0.346 e. The van der Waals surface area contributed by atoms with Gasteiger partial charge in [0.25, 0.3) is 0 Å². The lowest BCUT2D eigenvalue weighted by atomic mass is 9.97. The van der Waals surface area contributed by atoms with E-state index < -0.39 is 0 Å². The summed E-state index contributed by atoms with van der Waals surface area (Å²) in [6, 6.07) is 5.99. The number of carbonyl (C=O) groups excluding carboxylic acids is 2. The quantitative estimate of drug-likeness (QED) is 0.855. The van der Waals surface area contributed by atoms with Gasteiger partial charge in [-0.15, -0.1) is 10.2 Å². The fourth-order valence-corrected chi connectivity index (χ4v) is 4.65. The van der Waals surface area contributed by atoms with Gasteiger partial charge in [0.15, 0.2) is 0 Å². The number of anilines is 3. The van der Waals surface area contributed by atoms with E-state index >= 15 is 0 Å². The standard InChI is InChI=1S/C20H25N5O2S/c1-13-7-8-16(11-14(13)2)21-18(27)15-5-3-9-24(12-15)19-22-23-20(28-19)25-10-4-6-17(25)26/h7-8,11,15H,3-6,9-10,12H2,1-2H3,(H,21,27). The number of amides is 2. The summed E-state index contributed by atoms with van der Waals surface area (Å²) >= 11 is 1.44. The number of hydrogen-bond donors (Lipinski definition) is 1. The van der Waals surface area contributed by atoms with Crippen LogP contribution < -0.4 is 15.1 Å². The van der Waals surface area contributed by atoms with Crippen molar-refractivity contribution in [2.75, 3.05) is 34.8 Å². The third-order valence-electron chi connectivity index (χ3n) is 5.55. The number of carbonyl (C=O) groups is 2. The van der Waals surface area contributed by atoms with Crippen LogP contribution in [0.5, 0.6) is 0 Å². The molecule has 2 aliphatic heterocycles. The first kappa shape index (κ1) is 18.9. The number of nitrogens with zero attached hydrogens (tertiary/aromatic N) is 4. The summed E-state index contributed by atoms with van der Waals surface area (Å²) in [5.74, 6) is 0.0792. The van der Waals surface area contributed by atoms with E-state index in [2.05, 4.69) is 27.3 Å². The number of aromatic nitrogens is 2. The first-order chi connectivity index (χ1) is 13.5. The fourth-order valence-electron chi connectivity index (χ4n) is 3.72. The smallest absolute Gasteiger partial charge is 0.229 e. The maximum absolute atomic E-state index is 12.8. The first-order valence-corrected chi connectivity index (χ1v) is 10.6. The zero-order valence-electron chi connectivity index (χ0n) is 16.3. The van der Waals surface area contributed by atoms with Gasteiger partial charge in [-0.1, -0.05) is 17.4 Å². The highest BCUT2D eigenvalue weighted by atomic mass is 32.1. The van der Waals surface area contributed by atoms with Gasteiger partial charge >= 0.3 is 0 Å². The van der Waals surface area contributed by atoms with Gasteiger partial charge < -0.3 is 10.2 Å². The maximum atomic E-state index is 12.8. The summed E-state index contributed by atoms with van der Waals surface area (Å²) in [6.07, 6.45) is 3.25. The fraction of sp³-hybridized carbons (Fsp3) is 0.500. The van der Waals surface area contributed by atoms with E-state index in [4.69, 9.17) is 0 Å². The summed E-state index contributed by atoms with van der Waals surface area (Å²) in [6.45, 7) is 6.31. The van der Waals surface area contributed by atoms with Crippen LogP contribution in [0, 0.1) is 19.8 Å². The zero-order valence-corrected chi connectivity index (χ0v) is 17.1. The van der Waals surface area contributed by atoms with Crippen molar-refractivity contribution in [3.63, 3.8) is 0 Å². The van der Waals surface area contributed by atoms with Crippen LogP contribution in [-0.2, 0) is 9.59 Å². The molecule has 1 aromatic carbocycles. The Labute approximate surface area is 168 Å². The molecule has 3 heterocycles. The summed E-state index contributed by atoms with van der Waals surface area (Å²) in [5, 5.41) is 13.0. The molecule has 1 aromatic heterocycles. The highest BCUT2D eigenvalue weighted by Crippen LogP contribution is 2.32. The lowest BCUT2D eigenvalue weighted by molar-refractivity contribution is -0.120. The number of nitrogens with one attached hydrogen (secondary N) is 1. The molecule has 28 heavy (non-hydrogen) atoms. The van der Waals surface area contributed by atoms with Crippen molar-refractivity contribution >= 4 is 39.1 Å². The molecule has 0 saturated carbocycles. The molecule has 7 nitrogen and oxygen atoms in total. The molecule has 1 unspecified atom stereocenters. The van der Waals surface area contributed by atoms with Crippen LogP contribution in [-0.4, -0.2) is 41.6 Å². The van der Waals surface area contributed by atoms with Crippen molar-refractivity contribution in [3.05, 3.63) is 29.3 Å². The predicted octanol–water partition coefficient (Wildman–Crippen LogP) is 3.14. The van der Waals surface area contributed by atoms with E-state index in [1.807, 2.05) is 25.1 Å². The van der Waals surface area contributed by atoms with Crippen LogP contribution in [0.3, 0.4) is 0 Å². The van der Waals surface area contributed by atoms with Gasteiger partial charge in [-0.2, -0.15) is 0 Å². The molecule has 2 aromatic rings. The molecule has 0 aliphatic carbocycles. The number of rotatable bonds is 4. The Morgan fingerprint density at radius 2 is 1.96 bits per heavy atom. The van der Waals surface area contributed by atoms with Crippen LogP contribution in [0.4, 0.5) is 16.0 Å². The first-order valence-electron chi connectivity index (χ1n) is 9.78. The van der Waals surface area contributed by atoms with Crippen molar-refractivity contribution in [1.82, 2.24) is 10.2 Å². The van der Waals surface area contributed by atoms with Crippen LogP contribution in [0.1, 0.15) is 36.8 Å². The van der Waals surface area contributed by atoms with Gasteiger partial charge in [0.2, 0.25) is 22.1 Å². The van der Waals surface area contributed by atoms with E-state index in [-0.39, 0.29) is 17.7 Å². The highest BCUT2D eigenvalue weighted by molar-refractivity contribution is 7.19. The van der Waals surface area contributed by atoms with E-state index in [1.54, 1.807) is 4.90 Å². The van der Waals surface area contributed by atoms with Crippen LogP contribution in [0.2, 0.25) is 0 Å². The van der Waals surface area contributed by atoms with Gasteiger partial charge in [-0.05, 0) is 56.4 Å². The van der Waals surface area contributed by atoms with Crippen molar-refractivity contribution < 1.29 is 9.59 Å². The second kappa shape index (κ2) is 7.87. The number of piperidine rings is 1. The molecular formula is C20H25N5O2S. The average molecular weight is 400 g/mol. The molecule has 148 valence electrons. The van der Waals surface area contributed by atoms with E-state index in [9.17, 15) is 9.59 Å². The van der Waals surface area contributed by atoms with Crippen molar-refractivity contribution in [3.8, 4) is 0 Å². The van der Waals surface area contributed by atoms with Gasteiger partial charge in [0, 0.05) is 31.7 Å². The van der Waals surface area contributed by atoms with Crippen molar-refractivity contribution in [1.29, 1.82) is 0 Å². The molecular weight excluding hydrogens is 374 g/mol. The Bertz CT molecular complexity index is 896. The molecule has 2 saturated heterocycles. The van der Waals surface area contributed by atoms with Crippen LogP contribution in [0.25, 0.3) is 0 Å². The normalized spacial score (nSPS) is 19.9. The van der Waals surface area contributed by atoms with Gasteiger partial charge in [0.1, 0.15) is 0 Å². The highest BCUT2D eigenvalue weighted by Gasteiger charge is 2.30. The summed E-state index contributed by atoms with van der Waals surface area (Å²) in [5.41, 5.74) is 3.22. The maximum Gasteiger partial charge on any atom is 0.229 e. The third-order valence-corrected chi connectivity index (χ3v) is 6.55. The lowest BCUT2D eigenvalue weighted by Crippen LogP contribution is -2.40.